The fraction of sp³-hybridized carbons (Fsp3) is 0.286. The lowest BCUT2D eigenvalue weighted by Gasteiger charge is -2.04. The Hall–Kier alpha value is -1.74. The van der Waals surface area contributed by atoms with Gasteiger partial charge in [-0.3, -0.25) is 0 Å². The van der Waals surface area contributed by atoms with Gasteiger partial charge in [-0.1, -0.05) is 19.1 Å². The molecule has 0 unspecified atom stereocenters. The number of benzene rings is 1. The van der Waals surface area contributed by atoms with Crippen molar-refractivity contribution in [2.24, 2.45) is 0 Å². The second-order valence-corrected chi connectivity index (χ2v) is 3.97. The van der Waals surface area contributed by atoms with Crippen LogP contribution < -0.4 is 5.73 Å². The number of rotatable bonds is 4. The number of anilines is 1. The van der Waals surface area contributed by atoms with Gasteiger partial charge in [0.1, 0.15) is 18.1 Å². The summed E-state index contributed by atoms with van der Waals surface area (Å²) < 4.78 is 10.7. The van der Waals surface area contributed by atoms with Crippen molar-refractivity contribution >= 4 is 5.69 Å². The molecule has 0 atom stereocenters. The topological polar surface area (TPSA) is 48.4 Å². The number of furan rings is 1. The monoisotopic (exact) mass is 231 g/mol. The summed E-state index contributed by atoms with van der Waals surface area (Å²) in [7, 11) is 1.65. The normalized spacial score (nSPS) is 10.7. The summed E-state index contributed by atoms with van der Waals surface area (Å²) in [6.07, 6.45) is 0.944. The number of aryl methyl sites for hydroxylation is 1. The third-order valence-corrected chi connectivity index (χ3v) is 2.76. The van der Waals surface area contributed by atoms with E-state index in [1.807, 2.05) is 30.3 Å². The van der Waals surface area contributed by atoms with E-state index >= 15 is 0 Å². The summed E-state index contributed by atoms with van der Waals surface area (Å²) >= 11 is 0. The van der Waals surface area contributed by atoms with E-state index in [1.165, 1.54) is 0 Å². The molecule has 2 aromatic rings. The Bertz CT molecular complexity index is 503. The number of nitrogens with two attached hydrogens (primary N) is 1. The van der Waals surface area contributed by atoms with E-state index in [9.17, 15) is 0 Å². The van der Waals surface area contributed by atoms with E-state index in [-0.39, 0.29) is 0 Å². The van der Waals surface area contributed by atoms with Crippen LogP contribution >= 0.6 is 0 Å². The lowest BCUT2D eigenvalue weighted by molar-refractivity contribution is 0.165. The van der Waals surface area contributed by atoms with Crippen LogP contribution in [-0.4, -0.2) is 7.11 Å². The minimum Gasteiger partial charge on any atom is -0.459 e. The lowest BCUT2D eigenvalue weighted by atomic mass is 10.1. The van der Waals surface area contributed by atoms with Gasteiger partial charge in [-0.25, -0.2) is 0 Å². The molecule has 17 heavy (non-hydrogen) atoms. The summed E-state index contributed by atoms with van der Waals surface area (Å²) in [4.78, 5) is 0. The Kier molecular flexibility index (Phi) is 3.49. The molecule has 0 aliphatic rings. The van der Waals surface area contributed by atoms with Crippen molar-refractivity contribution in [2.75, 3.05) is 12.8 Å². The smallest absolute Gasteiger partial charge is 0.134 e. The van der Waals surface area contributed by atoms with Crippen LogP contribution in [0.15, 0.2) is 34.7 Å². The number of hydrogen-bond acceptors (Lipinski definition) is 3. The molecule has 1 heterocycles. The molecule has 0 fully saturated rings. The number of nitrogen functional groups attached to an aromatic ring is 1. The zero-order valence-electron chi connectivity index (χ0n) is 10.2. The molecule has 1 aromatic carbocycles. The predicted octanol–water partition coefficient (Wildman–Crippen LogP) is 3.24. The van der Waals surface area contributed by atoms with E-state index in [0.717, 1.165) is 34.8 Å². The fourth-order valence-electron chi connectivity index (χ4n) is 1.82. The van der Waals surface area contributed by atoms with Gasteiger partial charge >= 0.3 is 0 Å². The van der Waals surface area contributed by atoms with E-state index < -0.39 is 0 Å². The number of hydrogen-bond donors (Lipinski definition) is 1. The first kappa shape index (κ1) is 11.7. The molecule has 90 valence electrons. The molecule has 3 heteroatoms. The zero-order chi connectivity index (χ0) is 12.3. The molecule has 0 bridgehead atoms. The van der Waals surface area contributed by atoms with Gasteiger partial charge in [0.05, 0.1) is 0 Å². The zero-order valence-corrected chi connectivity index (χ0v) is 10.2. The molecule has 0 saturated heterocycles. The summed E-state index contributed by atoms with van der Waals surface area (Å²) in [5.41, 5.74) is 8.95. The van der Waals surface area contributed by atoms with Crippen molar-refractivity contribution in [1.82, 2.24) is 0 Å². The summed E-state index contributed by atoms with van der Waals surface area (Å²) in [6.45, 7) is 2.58. The minimum atomic E-state index is 0.489. The van der Waals surface area contributed by atoms with Gasteiger partial charge in [-0.2, -0.15) is 0 Å². The van der Waals surface area contributed by atoms with Crippen LogP contribution in [0.1, 0.15) is 18.2 Å². The van der Waals surface area contributed by atoms with Crippen molar-refractivity contribution < 1.29 is 9.15 Å². The largest absolute Gasteiger partial charge is 0.459 e. The van der Waals surface area contributed by atoms with Crippen LogP contribution in [0, 0.1) is 0 Å². The third-order valence-electron chi connectivity index (χ3n) is 2.76. The van der Waals surface area contributed by atoms with Gasteiger partial charge in [0.2, 0.25) is 0 Å². The van der Waals surface area contributed by atoms with Crippen LogP contribution in [0.25, 0.3) is 11.3 Å². The Balaban J connectivity index is 2.29. The maximum atomic E-state index is 5.97. The van der Waals surface area contributed by atoms with E-state index in [0.29, 0.717) is 6.61 Å². The first-order chi connectivity index (χ1) is 8.24. The molecule has 0 spiro atoms. The highest BCUT2D eigenvalue weighted by molar-refractivity contribution is 5.65. The quantitative estimate of drug-likeness (QED) is 0.822. The van der Waals surface area contributed by atoms with E-state index in [1.54, 1.807) is 7.11 Å². The molecule has 3 nitrogen and oxygen atoms in total. The van der Waals surface area contributed by atoms with Crippen molar-refractivity contribution in [1.29, 1.82) is 0 Å². The lowest BCUT2D eigenvalue weighted by Crippen LogP contribution is -1.92. The van der Waals surface area contributed by atoms with E-state index in [4.69, 9.17) is 14.9 Å². The third kappa shape index (κ3) is 2.50. The Labute approximate surface area is 101 Å². The molecule has 2 N–H and O–H groups in total. The SMILES string of the molecule is CCc1ccc(-c2ccc(COC)o2)cc1N. The summed E-state index contributed by atoms with van der Waals surface area (Å²) in [5, 5.41) is 0. The Morgan fingerprint density at radius 3 is 2.71 bits per heavy atom. The van der Waals surface area contributed by atoms with Crippen LogP contribution in [0.2, 0.25) is 0 Å². The van der Waals surface area contributed by atoms with Crippen molar-refractivity contribution in [3.8, 4) is 11.3 Å². The van der Waals surface area contributed by atoms with Gasteiger partial charge in [-0.05, 0) is 30.2 Å². The molecule has 0 aliphatic carbocycles. The summed E-state index contributed by atoms with van der Waals surface area (Å²) in [5.74, 6) is 1.65. The molecule has 1 aromatic heterocycles. The standard InChI is InChI=1S/C14H17NO2/c1-3-10-4-5-11(8-13(10)15)14-7-6-12(17-14)9-16-2/h4-8H,3,9,15H2,1-2H3. The Morgan fingerprint density at radius 2 is 2.06 bits per heavy atom. The highest BCUT2D eigenvalue weighted by Gasteiger charge is 2.06. The molecule has 0 aliphatic heterocycles. The second kappa shape index (κ2) is 5.06. The van der Waals surface area contributed by atoms with Gasteiger partial charge < -0.3 is 14.9 Å². The van der Waals surface area contributed by atoms with Gasteiger partial charge in [0.25, 0.3) is 0 Å². The highest BCUT2D eigenvalue weighted by Crippen LogP contribution is 2.26. The van der Waals surface area contributed by atoms with Crippen molar-refractivity contribution in [3.63, 3.8) is 0 Å². The van der Waals surface area contributed by atoms with E-state index in [2.05, 4.69) is 6.92 Å². The molecule has 0 saturated carbocycles. The first-order valence-corrected chi connectivity index (χ1v) is 5.71. The van der Waals surface area contributed by atoms with Crippen LogP contribution in [-0.2, 0) is 17.8 Å². The molecular formula is C14H17NO2. The minimum absolute atomic E-state index is 0.489. The van der Waals surface area contributed by atoms with Crippen LogP contribution in [0.3, 0.4) is 0 Å². The summed E-state index contributed by atoms with van der Waals surface area (Å²) in [6, 6.07) is 9.89. The fourth-order valence-corrected chi connectivity index (χ4v) is 1.82. The number of methoxy groups -OCH3 is 1. The van der Waals surface area contributed by atoms with Gasteiger partial charge in [0, 0.05) is 18.4 Å². The average Bonchev–Trinajstić information content (AvgIpc) is 2.78. The highest BCUT2D eigenvalue weighted by atomic mass is 16.5. The van der Waals surface area contributed by atoms with Gasteiger partial charge in [-0.15, -0.1) is 0 Å². The Morgan fingerprint density at radius 1 is 1.24 bits per heavy atom. The maximum absolute atomic E-state index is 5.97. The predicted molar refractivity (Wildman–Crippen MR) is 68.6 cm³/mol. The molecule has 0 radical (unpaired) electrons. The van der Waals surface area contributed by atoms with Gasteiger partial charge in [0.15, 0.2) is 0 Å². The average molecular weight is 231 g/mol. The molecule has 0 amide bonds. The van der Waals surface area contributed by atoms with Crippen LogP contribution in [0.4, 0.5) is 5.69 Å². The van der Waals surface area contributed by atoms with Crippen molar-refractivity contribution in [3.05, 3.63) is 41.7 Å². The maximum Gasteiger partial charge on any atom is 0.134 e. The molecule has 2 rings (SSSR count). The molecular weight excluding hydrogens is 214 g/mol. The number of ether oxygens (including phenoxy) is 1. The van der Waals surface area contributed by atoms with Crippen LogP contribution in [0.5, 0.6) is 0 Å². The first-order valence-electron chi connectivity index (χ1n) is 5.71. The van der Waals surface area contributed by atoms with Crippen molar-refractivity contribution in [2.45, 2.75) is 20.0 Å². The second-order valence-electron chi connectivity index (χ2n) is 3.97.